The van der Waals surface area contributed by atoms with Crippen LogP contribution in [0.15, 0.2) is 54.6 Å². The van der Waals surface area contributed by atoms with E-state index in [1.54, 1.807) is 9.80 Å². The Morgan fingerprint density at radius 3 is 2.56 bits per heavy atom. The van der Waals surface area contributed by atoms with E-state index in [4.69, 9.17) is 9.47 Å². The predicted octanol–water partition coefficient (Wildman–Crippen LogP) is 3.39. The normalized spacial score (nSPS) is 33.3. The highest BCUT2D eigenvalue weighted by molar-refractivity contribution is 5.99. The first kappa shape index (κ1) is 27.6. The Labute approximate surface area is 230 Å². The van der Waals surface area contributed by atoms with Gasteiger partial charge in [-0.3, -0.25) is 14.4 Å². The van der Waals surface area contributed by atoms with Crippen LogP contribution >= 0.6 is 0 Å². The van der Waals surface area contributed by atoms with Crippen molar-refractivity contribution in [2.75, 3.05) is 26.3 Å². The van der Waals surface area contributed by atoms with E-state index in [9.17, 15) is 19.5 Å². The highest BCUT2D eigenvalue weighted by Crippen LogP contribution is 2.58. The first-order chi connectivity index (χ1) is 19.0. The maximum atomic E-state index is 14.4. The molecule has 4 aliphatic heterocycles. The van der Waals surface area contributed by atoms with Gasteiger partial charge in [0.05, 0.1) is 12.5 Å². The fourth-order valence-electron chi connectivity index (χ4n) is 6.84. The van der Waals surface area contributed by atoms with Gasteiger partial charge in [0.2, 0.25) is 11.8 Å². The number of allylic oxidation sites excluding steroid dienone is 1. The minimum atomic E-state index is -1.27. The van der Waals surface area contributed by atoms with E-state index in [1.165, 1.54) is 0 Å². The smallest absolute Gasteiger partial charge is 0.313 e. The summed E-state index contributed by atoms with van der Waals surface area (Å²) in [6.45, 7) is 3.52. The molecule has 2 saturated heterocycles. The van der Waals surface area contributed by atoms with Gasteiger partial charge in [-0.25, -0.2) is 0 Å². The molecule has 0 bridgehead atoms. The monoisotopic (exact) mass is 536 g/mol. The van der Waals surface area contributed by atoms with Crippen LogP contribution in [-0.2, 0) is 30.4 Å². The molecule has 2 amide bonds. The third kappa shape index (κ3) is 4.93. The van der Waals surface area contributed by atoms with Crippen molar-refractivity contribution in [2.45, 2.75) is 75.7 Å². The number of likely N-dealkylation sites (tertiary alicyclic amines) is 1. The topological polar surface area (TPSA) is 96.4 Å². The van der Waals surface area contributed by atoms with Crippen LogP contribution in [0.4, 0.5) is 0 Å². The van der Waals surface area contributed by atoms with Gasteiger partial charge in [-0.2, -0.15) is 0 Å². The first-order valence-electron chi connectivity index (χ1n) is 14.4. The zero-order valence-electron chi connectivity index (χ0n) is 22.8. The molecule has 8 heteroatoms. The van der Waals surface area contributed by atoms with Gasteiger partial charge in [0.15, 0.2) is 0 Å². The van der Waals surface area contributed by atoms with Crippen molar-refractivity contribution in [3.63, 3.8) is 0 Å². The molecule has 2 fully saturated rings. The molecule has 1 unspecified atom stereocenters. The Bertz CT molecular complexity index is 1120. The summed E-state index contributed by atoms with van der Waals surface area (Å²) >= 11 is 0. The fraction of sp³-hybridized carbons (Fsp3) is 0.581. The molecular formula is C31H40N2O6. The number of cyclic esters (lactones) is 1. The van der Waals surface area contributed by atoms with Crippen LogP contribution in [-0.4, -0.2) is 76.2 Å². The molecule has 39 heavy (non-hydrogen) atoms. The summed E-state index contributed by atoms with van der Waals surface area (Å²) in [6.07, 6.45) is 12.8. The van der Waals surface area contributed by atoms with Crippen LogP contribution < -0.4 is 0 Å². The SMILES string of the molecule is CC[C@]12/C=C\CCCCOC(=O)[C@H]1[C@H]1C(=O)N(CCCCCO)C3C(=O)N(Cc4ccccc4)CC=C[C@@]31O2. The lowest BCUT2D eigenvalue weighted by Crippen LogP contribution is -2.56. The highest BCUT2D eigenvalue weighted by atomic mass is 16.6. The summed E-state index contributed by atoms with van der Waals surface area (Å²) < 4.78 is 12.7. The van der Waals surface area contributed by atoms with Gasteiger partial charge in [-0.05, 0) is 50.5 Å². The summed E-state index contributed by atoms with van der Waals surface area (Å²) in [5, 5.41) is 9.26. The number of unbranched alkanes of at least 4 members (excludes halogenated alkanes) is 2. The minimum absolute atomic E-state index is 0.0822. The summed E-state index contributed by atoms with van der Waals surface area (Å²) in [7, 11) is 0. The number of benzene rings is 1. The van der Waals surface area contributed by atoms with Gasteiger partial charge < -0.3 is 24.4 Å². The number of carbonyl (C=O) groups is 3. The molecule has 1 aromatic carbocycles. The average molecular weight is 537 g/mol. The number of fused-ring (bicyclic) bond motifs is 2. The molecule has 4 heterocycles. The second kappa shape index (κ2) is 11.6. The van der Waals surface area contributed by atoms with Gasteiger partial charge in [-0.1, -0.05) is 61.6 Å². The zero-order chi connectivity index (χ0) is 27.5. The third-order valence-corrected chi connectivity index (χ3v) is 8.74. The molecule has 1 aromatic rings. The maximum Gasteiger partial charge on any atom is 0.313 e. The van der Waals surface area contributed by atoms with Gasteiger partial charge >= 0.3 is 5.97 Å². The van der Waals surface area contributed by atoms with E-state index in [1.807, 2.05) is 55.5 Å². The van der Waals surface area contributed by atoms with E-state index in [2.05, 4.69) is 6.08 Å². The highest BCUT2D eigenvalue weighted by Gasteiger charge is 2.75. The minimum Gasteiger partial charge on any atom is -0.465 e. The van der Waals surface area contributed by atoms with Gasteiger partial charge in [-0.15, -0.1) is 0 Å². The van der Waals surface area contributed by atoms with Gasteiger partial charge in [0.25, 0.3) is 0 Å². The molecule has 5 rings (SSSR count). The predicted molar refractivity (Wildman–Crippen MR) is 145 cm³/mol. The number of hydrogen-bond donors (Lipinski definition) is 1. The number of amides is 2. The second-order valence-corrected chi connectivity index (χ2v) is 11.1. The van der Waals surface area contributed by atoms with Crippen LogP contribution in [0.3, 0.4) is 0 Å². The summed E-state index contributed by atoms with van der Waals surface area (Å²) in [4.78, 5) is 45.8. The van der Waals surface area contributed by atoms with Crippen LogP contribution in [0.2, 0.25) is 0 Å². The van der Waals surface area contributed by atoms with E-state index < -0.39 is 35.0 Å². The third-order valence-electron chi connectivity index (χ3n) is 8.74. The fourth-order valence-corrected chi connectivity index (χ4v) is 6.84. The molecule has 0 saturated carbocycles. The Balaban J connectivity index is 1.57. The van der Waals surface area contributed by atoms with E-state index in [-0.39, 0.29) is 18.4 Å². The number of rotatable bonds is 8. The van der Waals surface area contributed by atoms with Crippen LogP contribution in [0, 0.1) is 11.8 Å². The molecule has 1 N–H and O–H groups in total. The Morgan fingerprint density at radius 1 is 0.974 bits per heavy atom. The number of carbonyl (C=O) groups excluding carboxylic acids is 3. The number of aliphatic hydroxyl groups excluding tert-OH is 1. The largest absolute Gasteiger partial charge is 0.465 e. The Morgan fingerprint density at radius 2 is 1.79 bits per heavy atom. The molecule has 5 atom stereocenters. The van der Waals surface area contributed by atoms with E-state index in [0.29, 0.717) is 45.5 Å². The lowest BCUT2D eigenvalue weighted by atomic mass is 9.73. The van der Waals surface area contributed by atoms with Crippen molar-refractivity contribution < 1.29 is 29.0 Å². The lowest BCUT2D eigenvalue weighted by Gasteiger charge is -2.38. The molecular weight excluding hydrogens is 496 g/mol. The maximum absolute atomic E-state index is 14.4. The zero-order valence-corrected chi connectivity index (χ0v) is 22.8. The van der Waals surface area contributed by atoms with Crippen molar-refractivity contribution >= 4 is 17.8 Å². The molecule has 4 aliphatic rings. The molecule has 1 spiro atoms. The van der Waals surface area contributed by atoms with Crippen LogP contribution in [0.1, 0.15) is 57.4 Å². The number of ether oxygens (including phenoxy) is 2. The number of hydrogen-bond acceptors (Lipinski definition) is 6. The first-order valence-corrected chi connectivity index (χ1v) is 14.4. The number of esters is 1. The van der Waals surface area contributed by atoms with Crippen molar-refractivity contribution in [1.29, 1.82) is 0 Å². The summed E-state index contributed by atoms with van der Waals surface area (Å²) in [5.74, 6) is -2.52. The summed E-state index contributed by atoms with van der Waals surface area (Å²) in [5.41, 5.74) is -1.30. The molecule has 8 nitrogen and oxygen atoms in total. The van der Waals surface area contributed by atoms with E-state index >= 15 is 0 Å². The molecule has 0 radical (unpaired) electrons. The van der Waals surface area contributed by atoms with Crippen LogP contribution in [0.25, 0.3) is 0 Å². The lowest BCUT2D eigenvalue weighted by molar-refractivity contribution is -0.161. The van der Waals surface area contributed by atoms with Crippen molar-refractivity contribution in [3.05, 3.63) is 60.2 Å². The molecule has 0 aliphatic carbocycles. The van der Waals surface area contributed by atoms with Crippen molar-refractivity contribution in [1.82, 2.24) is 9.80 Å². The number of aliphatic hydroxyl groups is 1. The second-order valence-electron chi connectivity index (χ2n) is 11.1. The Hall–Kier alpha value is -2.97. The van der Waals surface area contributed by atoms with E-state index in [0.717, 1.165) is 31.2 Å². The average Bonchev–Trinajstić information content (AvgIpc) is 3.30. The van der Waals surface area contributed by atoms with Crippen LogP contribution in [0.5, 0.6) is 0 Å². The standard InChI is InChI=1S/C31H40N2O6/c1-2-30-16-9-3-4-12-21-38-29(37)25(30)24-27(35)33(19-10-6-11-20-34)26-28(36)32(18-13-17-31(24,26)39-30)22-23-14-7-5-8-15-23/h5,7-9,13-17,24-26,34H,2-4,6,10-12,18-22H2,1H3/b16-9-/t24-,25+,26?,30-,31-/m0/s1. The Kier molecular flexibility index (Phi) is 8.24. The molecule has 0 aromatic heterocycles. The van der Waals surface area contributed by atoms with Crippen molar-refractivity contribution in [3.8, 4) is 0 Å². The number of nitrogens with zero attached hydrogens (tertiary/aromatic N) is 2. The van der Waals surface area contributed by atoms with Gasteiger partial charge in [0.1, 0.15) is 23.2 Å². The molecule has 210 valence electrons. The summed E-state index contributed by atoms with van der Waals surface area (Å²) in [6, 6.07) is 8.93. The van der Waals surface area contributed by atoms with Gasteiger partial charge in [0, 0.05) is 26.2 Å². The van der Waals surface area contributed by atoms with Crippen molar-refractivity contribution in [2.24, 2.45) is 11.8 Å². The quantitative estimate of drug-likeness (QED) is 0.311.